The third kappa shape index (κ3) is 5.87. The molecule has 282 valence electrons. The number of amides is 2. The van der Waals surface area contributed by atoms with E-state index in [1.165, 1.54) is 50.6 Å². The molecule has 4 heterocycles. The zero-order valence-electron chi connectivity index (χ0n) is 29.0. The van der Waals surface area contributed by atoms with Gasteiger partial charge >= 0.3 is 9.75 Å². The van der Waals surface area contributed by atoms with E-state index in [0.29, 0.717) is 11.0 Å². The minimum absolute atomic E-state index is 0.00660. The first-order chi connectivity index (χ1) is 27.0. The van der Waals surface area contributed by atoms with Crippen molar-refractivity contribution in [1.82, 2.24) is 39.5 Å². The first kappa shape index (κ1) is 35.9. The number of aromatic amines is 2. The molecule has 0 fully saturated rings. The van der Waals surface area contributed by atoms with Crippen LogP contribution >= 0.6 is 22.7 Å². The lowest BCUT2D eigenvalue weighted by Crippen LogP contribution is -2.13. The smallest absolute Gasteiger partial charge is 0.322 e. The number of carbonyl (C=O) groups excluding carboxylic acids is 2. The number of nitrogens with one attached hydrogen (secondary N) is 2. The number of carbonyl (C=O) groups is 2. The van der Waals surface area contributed by atoms with Crippen molar-refractivity contribution in [2.75, 3.05) is 14.2 Å². The number of ether oxygens (including phenoxy) is 2. The molecule has 0 unspecified atom stereocenters. The molecule has 16 nitrogen and oxygen atoms in total. The lowest BCUT2D eigenvalue weighted by atomic mass is 10.1. The SMILES string of the molecule is COc1c(C(N)=O)ccc2c1nc(-c1c(F)cccc1-c1n[nH]c(=O)s1)n2CCn1c(-c2c(F)cccc2-c2n[nH]c(=O)s2)nc2c(OC)c(C(N)=O)ccc21. The second kappa shape index (κ2) is 14.0. The van der Waals surface area contributed by atoms with Crippen LogP contribution in [0, 0.1) is 11.6 Å². The monoisotopic (exact) mass is 796 g/mol. The Hall–Kier alpha value is -7.06. The molecule has 4 aromatic carbocycles. The highest BCUT2D eigenvalue weighted by Crippen LogP contribution is 2.41. The molecule has 56 heavy (non-hydrogen) atoms. The van der Waals surface area contributed by atoms with Crippen molar-refractivity contribution in [3.63, 3.8) is 0 Å². The lowest BCUT2D eigenvalue weighted by Gasteiger charge is -2.16. The molecule has 2 amide bonds. The summed E-state index contributed by atoms with van der Waals surface area (Å²) in [5.41, 5.74) is 13.1. The van der Waals surface area contributed by atoms with Crippen molar-refractivity contribution in [3.8, 4) is 55.4 Å². The molecule has 6 N–H and O–H groups in total. The van der Waals surface area contributed by atoms with Crippen LogP contribution in [-0.4, -0.2) is 65.5 Å². The highest BCUT2D eigenvalue weighted by Gasteiger charge is 2.28. The van der Waals surface area contributed by atoms with E-state index in [1.807, 2.05) is 0 Å². The number of halogens is 2. The van der Waals surface area contributed by atoms with Crippen LogP contribution in [0.2, 0.25) is 0 Å². The molecule has 8 aromatic rings. The molecule has 20 heteroatoms. The maximum Gasteiger partial charge on any atom is 0.322 e. The number of rotatable bonds is 11. The van der Waals surface area contributed by atoms with Gasteiger partial charge < -0.3 is 30.1 Å². The van der Waals surface area contributed by atoms with Gasteiger partial charge in [0.2, 0.25) is 0 Å². The summed E-state index contributed by atoms with van der Waals surface area (Å²) in [7, 11) is 2.69. The predicted octanol–water partition coefficient (Wildman–Crippen LogP) is 4.54. The van der Waals surface area contributed by atoms with Crippen LogP contribution < -0.4 is 30.7 Å². The standard InChI is InChI=1S/C36H26F2N10O6S2/c1-53-27-17(29(39)49)9-11-21-25(27)41-31(23-15(5-3-7-19(23)37)33-43-45-35(51)55-33)47(21)13-14-48-22-12-10-18(30(40)50)28(54-2)26(22)42-32(48)24-16(6-4-8-20(24)38)34-44-46-36(52)56-34/h3-12H,13-14H2,1-2H3,(H2,39,49)(H2,40,50)(H,45,51)(H,46,52). The molecule has 4 aromatic heterocycles. The largest absolute Gasteiger partial charge is 0.494 e. The fourth-order valence-electron chi connectivity index (χ4n) is 6.72. The quantitative estimate of drug-likeness (QED) is 0.143. The Bertz CT molecular complexity index is 2810. The van der Waals surface area contributed by atoms with E-state index in [2.05, 4.69) is 20.4 Å². The fourth-order valence-corrected chi connectivity index (χ4v) is 8.00. The van der Waals surface area contributed by atoms with Crippen molar-refractivity contribution in [1.29, 1.82) is 0 Å². The Morgan fingerprint density at radius 3 is 1.43 bits per heavy atom. The van der Waals surface area contributed by atoms with Gasteiger partial charge in [0.25, 0.3) is 11.8 Å². The Morgan fingerprint density at radius 1 is 0.679 bits per heavy atom. The van der Waals surface area contributed by atoms with Crippen molar-refractivity contribution in [2.45, 2.75) is 13.1 Å². The van der Waals surface area contributed by atoms with Crippen LogP contribution in [-0.2, 0) is 13.1 Å². The highest BCUT2D eigenvalue weighted by atomic mass is 32.1. The molecule has 0 aliphatic heterocycles. The summed E-state index contributed by atoms with van der Waals surface area (Å²) >= 11 is 1.55. The maximum atomic E-state index is 16.2. The zero-order valence-corrected chi connectivity index (χ0v) is 30.7. The summed E-state index contributed by atoms with van der Waals surface area (Å²) < 4.78 is 46.9. The Labute approximate surface area is 320 Å². The third-order valence-electron chi connectivity index (χ3n) is 9.05. The molecule has 0 aliphatic rings. The molecule has 0 saturated heterocycles. The van der Waals surface area contributed by atoms with Crippen LogP contribution in [0.4, 0.5) is 8.78 Å². The number of benzene rings is 4. The van der Waals surface area contributed by atoms with Crippen molar-refractivity contribution in [2.24, 2.45) is 11.5 Å². The number of nitrogens with zero attached hydrogens (tertiary/aromatic N) is 6. The van der Waals surface area contributed by atoms with Crippen LogP contribution in [0.15, 0.2) is 70.3 Å². The number of H-pyrrole nitrogens is 2. The molecule has 0 bridgehead atoms. The average molecular weight is 797 g/mol. The minimum atomic E-state index is -0.783. The third-order valence-corrected chi connectivity index (χ3v) is 10.6. The molecule has 0 radical (unpaired) electrons. The second-order valence-electron chi connectivity index (χ2n) is 12.1. The molecule has 8 rings (SSSR count). The van der Waals surface area contributed by atoms with Gasteiger partial charge in [-0.25, -0.2) is 28.9 Å². The molecular weight excluding hydrogens is 771 g/mol. The topological polar surface area (TPSA) is 232 Å². The summed E-state index contributed by atoms with van der Waals surface area (Å²) in [4.78, 5) is 57.9. The highest BCUT2D eigenvalue weighted by molar-refractivity contribution is 7.12. The van der Waals surface area contributed by atoms with E-state index in [1.54, 1.807) is 33.4 Å². The number of imidazole rings is 2. The average Bonchev–Trinajstić information content (AvgIpc) is 3.98. The molecule has 0 atom stereocenters. The van der Waals surface area contributed by atoms with Gasteiger partial charge in [-0.05, 0) is 36.4 Å². The molecule has 0 spiro atoms. The van der Waals surface area contributed by atoms with Gasteiger partial charge in [-0.1, -0.05) is 46.9 Å². The first-order valence-electron chi connectivity index (χ1n) is 16.4. The number of nitrogens with two attached hydrogens (primary N) is 2. The second-order valence-corrected chi connectivity index (χ2v) is 14.0. The van der Waals surface area contributed by atoms with Gasteiger partial charge in [0.15, 0.2) is 11.5 Å². The van der Waals surface area contributed by atoms with Crippen LogP contribution in [0.1, 0.15) is 20.7 Å². The van der Waals surface area contributed by atoms with E-state index in [9.17, 15) is 19.2 Å². The van der Waals surface area contributed by atoms with Crippen molar-refractivity contribution >= 4 is 56.6 Å². The van der Waals surface area contributed by atoms with E-state index in [-0.39, 0.29) is 90.7 Å². The predicted molar refractivity (Wildman–Crippen MR) is 204 cm³/mol. The summed E-state index contributed by atoms with van der Waals surface area (Å²) in [6.07, 6.45) is 0. The number of aromatic nitrogens is 8. The number of fused-ring (bicyclic) bond motifs is 2. The van der Waals surface area contributed by atoms with Crippen LogP contribution in [0.5, 0.6) is 11.5 Å². The molecule has 0 saturated carbocycles. The summed E-state index contributed by atoms with van der Waals surface area (Å²) in [6, 6.07) is 14.7. The minimum Gasteiger partial charge on any atom is -0.494 e. The van der Waals surface area contributed by atoms with Gasteiger partial charge in [-0.2, -0.15) is 10.2 Å². The lowest BCUT2D eigenvalue weighted by molar-refractivity contribution is 0.0989. The molecular formula is C36H26F2N10O6S2. The maximum absolute atomic E-state index is 16.2. The van der Waals surface area contributed by atoms with E-state index < -0.39 is 33.2 Å². The zero-order chi connectivity index (χ0) is 39.4. The van der Waals surface area contributed by atoms with Crippen LogP contribution in [0.25, 0.3) is 66.0 Å². The number of hydrogen-bond donors (Lipinski definition) is 4. The summed E-state index contributed by atoms with van der Waals surface area (Å²) in [6.45, 7) is -0.0132. The van der Waals surface area contributed by atoms with Gasteiger partial charge in [0, 0.05) is 24.2 Å². The Balaban J connectivity index is 1.39. The Morgan fingerprint density at radius 2 is 1.09 bits per heavy atom. The fraction of sp³-hybridized carbons (Fsp3) is 0.111. The van der Waals surface area contributed by atoms with Crippen molar-refractivity contribution < 1.29 is 27.8 Å². The van der Waals surface area contributed by atoms with Gasteiger partial charge in [0.1, 0.15) is 44.3 Å². The van der Waals surface area contributed by atoms with Gasteiger partial charge in [0.05, 0.1) is 47.5 Å². The Kier molecular flexibility index (Phi) is 8.97. The van der Waals surface area contributed by atoms with Gasteiger partial charge in [-0.15, -0.1) is 0 Å². The number of aryl methyl sites for hydroxylation is 2. The van der Waals surface area contributed by atoms with E-state index in [0.717, 1.165) is 22.7 Å². The van der Waals surface area contributed by atoms with Crippen molar-refractivity contribution in [3.05, 3.63) is 103 Å². The summed E-state index contributed by atoms with van der Waals surface area (Å²) in [5, 5.41) is 13.3. The number of hydrogen-bond acceptors (Lipinski definition) is 12. The van der Waals surface area contributed by atoms with E-state index >= 15 is 8.78 Å². The molecule has 0 aliphatic carbocycles. The van der Waals surface area contributed by atoms with E-state index in [4.69, 9.17) is 30.9 Å². The van der Waals surface area contributed by atoms with Crippen LogP contribution in [0.3, 0.4) is 0 Å². The number of methoxy groups -OCH3 is 2. The normalized spacial score (nSPS) is 11.4. The summed E-state index contributed by atoms with van der Waals surface area (Å²) in [5.74, 6) is -2.72. The first-order valence-corrected chi connectivity index (χ1v) is 18.1. The number of primary amides is 2. The van der Waals surface area contributed by atoms with Gasteiger partial charge in [-0.3, -0.25) is 19.2 Å².